The molecular weight excluding hydrogens is 356 g/mol. The van der Waals surface area contributed by atoms with Gasteiger partial charge in [-0.05, 0) is 0 Å². The molecule has 0 radical (unpaired) electrons. The minimum absolute atomic E-state index is 0.231. The van der Waals surface area contributed by atoms with Crippen LogP contribution in [0.1, 0.15) is 50.4 Å². The second-order valence-electron chi connectivity index (χ2n) is 6.07. The van der Waals surface area contributed by atoms with Crippen LogP contribution >= 0.6 is 0 Å². The summed E-state index contributed by atoms with van der Waals surface area (Å²) in [7, 11) is 0. The number of rotatable bonds is 3. The Balaban J connectivity index is 1.85. The molecule has 4 rings (SSSR count). The monoisotopic (exact) mass is 372 g/mol. The average Bonchev–Trinajstić information content (AvgIpc) is 2.97. The van der Waals surface area contributed by atoms with Gasteiger partial charge in [-0.25, -0.2) is 0 Å². The summed E-state index contributed by atoms with van der Waals surface area (Å²) >= 11 is -0.664. The third-order valence-corrected chi connectivity index (χ3v) is 7.68. The van der Waals surface area contributed by atoms with Crippen molar-refractivity contribution in [1.29, 1.82) is 0 Å². The Labute approximate surface area is 132 Å². The van der Waals surface area contributed by atoms with Gasteiger partial charge in [0.05, 0.1) is 0 Å². The van der Waals surface area contributed by atoms with Crippen molar-refractivity contribution in [2.75, 3.05) is 0 Å². The quantitative estimate of drug-likeness (QED) is 0.778. The topological polar surface area (TPSA) is 43.6 Å². The van der Waals surface area contributed by atoms with Crippen molar-refractivity contribution < 1.29 is 13.2 Å². The van der Waals surface area contributed by atoms with E-state index in [1.54, 1.807) is 6.33 Å². The van der Waals surface area contributed by atoms with Crippen molar-refractivity contribution in [2.24, 2.45) is 0 Å². The van der Waals surface area contributed by atoms with Gasteiger partial charge in [-0.3, -0.25) is 0 Å². The number of hydrogen-bond donors (Lipinski definition) is 0. The summed E-state index contributed by atoms with van der Waals surface area (Å²) in [5.41, 5.74) is 0.987. The second-order valence-corrected chi connectivity index (χ2v) is 9.39. The van der Waals surface area contributed by atoms with Gasteiger partial charge in [-0.2, -0.15) is 0 Å². The Hall–Kier alpha value is -1.10. The van der Waals surface area contributed by atoms with E-state index in [-0.39, 0.29) is 6.04 Å². The van der Waals surface area contributed by atoms with Gasteiger partial charge in [0.2, 0.25) is 0 Å². The Bertz CT molecular complexity index is 702. The summed E-state index contributed by atoms with van der Waals surface area (Å²) in [5.74, 6) is -1.00. The van der Waals surface area contributed by atoms with Crippen molar-refractivity contribution >= 4 is 31.4 Å². The van der Waals surface area contributed by atoms with E-state index in [1.165, 1.54) is 0 Å². The van der Waals surface area contributed by atoms with Gasteiger partial charge >= 0.3 is 132 Å². The molecular formula is C14H16AsF3N4. The molecule has 2 aliphatic carbocycles. The Kier molecular flexibility index (Phi) is 3.44. The van der Waals surface area contributed by atoms with Gasteiger partial charge in [0.1, 0.15) is 0 Å². The van der Waals surface area contributed by atoms with Crippen LogP contribution in [0.5, 0.6) is 0 Å². The van der Waals surface area contributed by atoms with E-state index in [2.05, 4.69) is 15.0 Å². The fraction of sp³-hybridized carbons (Fsp3) is 0.643. The maximum absolute atomic E-state index is 13.1. The fourth-order valence-corrected chi connectivity index (χ4v) is 5.80. The number of hydrogen-bond acceptors (Lipinski definition) is 3. The van der Waals surface area contributed by atoms with Crippen molar-refractivity contribution in [3.8, 4) is 0 Å². The van der Waals surface area contributed by atoms with Gasteiger partial charge in [-0.15, -0.1) is 0 Å². The molecule has 0 N–H and O–H groups in total. The molecule has 0 aliphatic heterocycles. The van der Waals surface area contributed by atoms with E-state index in [4.69, 9.17) is 0 Å². The van der Waals surface area contributed by atoms with Crippen molar-refractivity contribution in [1.82, 2.24) is 19.5 Å². The summed E-state index contributed by atoms with van der Waals surface area (Å²) < 4.78 is 42.4. The fourth-order valence-electron chi connectivity index (χ4n) is 3.01. The number of halogens is 3. The minimum atomic E-state index is -4.50. The molecule has 1 atom stereocenters. The van der Waals surface area contributed by atoms with Gasteiger partial charge < -0.3 is 0 Å². The number of nitrogens with zero attached hydrogens (tertiary/aromatic N) is 4. The van der Waals surface area contributed by atoms with Crippen LogP contribution in [-0.4, -0.2) is 35.3 Å². The second kappa shape index (κ2) is 5.22. The standard InChI is InChI=1S/C14H16AsF3N4/c16-14(17,18)13-20-11(15-8-5-6-8)10-12(21-13)22(7-19-10)9-3-1-2-4-9/h7-9,15H,1-6H2. The van der Waals surface area contributed by atoms with Crippen LogP contribution in [0, 0.1) is 0 Å². The zero-order valence-corrected chi connectivity index (χ0v) is 14.0. The molecule has 8 heteroatoms. The molecule has 0 saturated heterocycles. The van der Waals surface area contributed by atoms with E-state index in [0.29, 0.717) is 20.4 Å². The van der Waals surface area contributed by atoms with Gasteiger partial charge in [0, 0.05) is 0 Å². The zero-order chi connectivity index (χ0) is 15.3. The Morgan fingerprint density at radius 1 is 1.09 bits per heavy atom. The average molecular weight is 372 g/mol. The van der Waals surface area contributed by atoms with Crippen LogP contribution in [0.2, 0.25) is 4.71 Å². The van der Waals surface area contributed by atoms with E-state index < -0.39 is 27.8 Å². The Morgan fingerprint density at radius 2 is 1.82 bits per heavy atom. The zero-order valence-electron chi connectivity index (χ0n) is 11.9. The number of alkyl halides is 3. The third kappa shape index (κ3) is 2.64. The number of imidazole rings is 1. The predicted molar refractivity (Wildman–Crippen MR) is 77.6 cm³/mol. The molecule has 0 amide bonds. The summed E-state index contributed by atoms with van der Waals surface area (Å²) in [5, 5.41) is 0. The summed E-state index contributed by atoms with van der Waals surface area (Å²) in [6.45, 7) is 0. The first-order chi connectivity index (χ1) is 10.5. The molecule has 2 fully saturated rings. The summed E-state index contributed by atoms with van der Waals surface area (Å²) in [6, 6.07) is 0.231. The molecule has 2 aromatic rings. The molecule has 22 heavy (non-hydrogen) atoms. The summed E-state index contributed by atoms with van der Waals surface area (Å²) in [4.78, 5) is 12.0. The van der Waals surface area contributed by atoms with Gasteiger partial charge in [0.25, 0.3) is 0 Å². The van der Waals surface area contributed by atoms with Crippen LogP contribution in [0.25, 0.3) is 11.2 Å². The van der Waals surface area contributed by atoms with Crippen LogP contribution in [0.15, 0.2) is 6.33 Å². The maximum atomic E-state index is 13.1. The van der Waals surface area contributed by atoms with E-state index in [1.807, 2.05) is 4.57 Å². The van der Waals surface area contributed by atoms with Crippen molar-refractivity contribution in [3.63, 3.8) is 0 Å². The van der Waals surface area contributed by atoms with Crippen LogP contribution in [-0.2, 0) is 6.18 Å². The molecule has 0 aromatic carbocycles. The SMILES string of the molecule is FC(F)(F)c1nc([AsH]C2CC2)c2ncn(C3CCCC3)c2n1. The van der Waals surface area contributed by atoms with Crippen molar-refractivity contribution in [2.45, 2.75) is 55.4 Å². The molecule has 4 nitrogen and oxygen atoms in total. The van der Waals surface area contributed by atoms with E-state index >= 15 is 0 Å². The molecule has 2 aliphatic rings. The molecule has 118 valence electrons. The number of aromatic nitrogens is 4. The van der Waals surface area contributed by atoms with E-state index in [0.717, 1.165) is 38.5 Å². The van der Waals surface area contributed by atoms with Crippen LogP contribution in [0.3, 0.4) is 0 Å². The van der Waals surface area contributed by atoms with E-state index in [9.17, 15) is 13.2 Å². The molecule has 0 spiro atoms. The summed E-state index contributed by atoms with van der Waals surface area (Å²) in [6.07, 6.45) is 3.62. The molecule has 2 heterocycles. The molecule has 1 unspecified atom stereocenters. The Morgan fingerprint density at radius 3 is 2.45 bits per heavy atom. The third-order valence-electron chi connectivity index (χ3n) is 4.31. The molecule has 2 aromatic heterocycles. The van der Waals surface area contributed by atoms with Gasteiger partial charge in [-0.1, -0.05) is 0 Å². The van der Waals surface area contributed by atoms with Crippen molar-refractivity contribution in [3.05, 3.63) is 12.2 Å². The van der Waals surface area contributed by atoms with Crippen LogP contribution < -0.4 is 4.48 Å². The normalized spacial score (nSPS) is 20.7. The first-order valence-corrected chi connectivity index (χ1v) is 9.87. The first kappa shape index (κ1) is 14.5. The molecule has 0 bridgehead atoms. The first-order valence-electron chi connectivity index (χ1n) is 7.60. The number of fused-ring (bicyclic) bond motifs is 1. The molecule has 2 saturated carbocycles. The predicted octanol–water partition coefficient (Wildman–Crippen LogP) is 2.60. The van der Waals surface area contributed by atoms with Gasteiger partial charge in [0.15, 0.2) is 0 Å². The van der Waals surface area contributed by atoms with Crippen LogP contribution in [0.4, 0.5) is 13.2 Å².